The van der Waals surface area contributed by atoms with E-state index < -0.39 is 5.69 Å². The van der Waals surface area contributed by atoms with Gasteiger partial charge in [0, 0.05) is 26.1 Å². The second-order valence-corrected chi connectivity index (χ2v) is 7.70. The minimum absolute atomic E-state index is 0.126. The third kappa shape index (κ3) is 6.59. The maximum atomic E-state index is 12.1. The van der Waals surface area contributed by atoms with Crippen LogP contribution in [-0.4, -0.2) is 31.6 Å². The Labute approximate surface area is 177 Å². The van der Waals surface area contributed by atoms with Crippen molar-refractivity contribution in [2.75, 3.05) is 10.6 Å². The van der Waals surface area contributed by atoms with Gasteiger partial charge in [0.25, 0.3) is 0 Å². The highest BCUT2D eigenvalue weighted by atomic mass is 32.1. The molecule has 0 aliphatic carbocycles. The summed E-state index contributed by atoms with van der Waals surface area (Å²) < 4.78 is 1.50. The molecule has 1 aromatic carbocycles. The molecule has 2 N–H and O–H groups in total. The van der Waals surface area contributed by atoms with Crippen molar-refractivity contribution in [3.05, 3.63) is 63.7 Å². The fourth-order valence-corrected chi connectivity index (χ4v) is 3.56. The zero-order valence-corrected chi connectivity index (χ0v) is 17.3. The summed E-state index contributed by atoms with van der Waals surface area (Å²) in [6, 6.07) is 11.1. The summed E-state index contributed by atoms with van der Waals surface area (Å²) in [4.78, 5) is 38.9. The molecule has 3 rings (SSSR count). The van der Waals surface area contributed by atoms with Crippen LogP contribution in [0.2, 0.25) is 0 Å². The molecule has 10 heteroatoms. The Morgan fingerprint density at radius 1 is 1.07 bits per heavy atom. The molecule has 0 aliphatic rings. The van der Waals surface area contributed by atoms with Crippen molar-refractivity contribution < 1.29 is 9.59 Å². The molecule has 156 valence electrons. The van der Waals surface area contributed by atoms with E-state index in [1.807, 2.05) is 30.3 Å². The van der Waals surface area contributed by atoms with E-state index >= 15 is 0 Å². The smallest absolute Gasteiger partial charge is 0.311 e. The molecule has 0 atom stereocenters. The van der Waals surface area contributed by atoms with E-state index in [-0.39, 0.29) is 17.6 Å². The molecular weight excluding hydrogens is 404 g/mol. The number of benzene rings is 1. The van der Waals surface area contributed by atoms with Crippen LogP contribution in [0, 0.1) is 0 Å². The SMILES string of the molecule is CC(=O)Nc1ccn(CCCCc2nnc(NC(=O)Cc3ccccc3)s2)c(=O)n1. The van der Waals surface area contributed by atoms with E-state index in [9.17, 15) is 14.4 Å². The van der Waals surface area contributed by atoms with E-state index in [1.54, 1.807) is 12.3 Å². The van der Waals surface area contributed by atoms with Crippen molar-refractivity contribution in [2.24, 2.45) is 0 Å². The van der Waals surface area contributed by atoms with Crippen molar-refractivity contribution in [2.45, 2.75) is 39.2 Å². The summed E-state index contributed by atoms with van der Waals surface area (Å²) in [5.41, 5.74) is 0.537. The number of rotatable bonds is 9. The number of hydrogen-bond donors (Lipinski definition) is 2. The zero-order chi connectivity index (χ0) is 21.3. The van der Waals surface area contributed by atoms with Crippen LogP contribution in [0.4, 0.5) is 10.9 Å². The van der Waals surface area contributed by atoms with Crippen molar-refractivity contribution in [3.8, 4) is 0 Å². The molecule has 0 radical (unpaired) electrons. The Hall–Kier alpha value is -3.40. The topological polar surface area (TPSA) is 119 Å². The Balaban J connectivity index is 1.42. The number of carbonyl (C=O) groups is 2. The molecule has 0 aliphatic heterocycles. The largest absolute Gasteiger partial charge is 0.349 e. The van der Waals surface area contributed by atoms with Gasteiger partial charge in [-0.2, -0.15) is 4.98 Å². The van der Waals surface area contributed by atoms with Crippen molar-refractivity contribution in [3.63, 3.8) is 0 Å². The van der Waals surface area contributed by atoms with Gasteiger partial charge in [-0.1, -0.05) is 41.7 Å². The molecule has 30 heavy (non-hydrogen) atoms. The van der Waals surface area contributed by atoms with E-state index in [0.29, 0.717) is 24.5 Å². The van der Waals surface area contributed by atoms with Crippen LogP contribution in [0.3, 0.4) is 0 Å². The van der Waals surface area contributed by atoms with E-state index in [4.69, 9.17) is 0 Å². The fraction of sp³-hybridized carbons (Fsp3) is 0.300. The molecular formula is C20H22N6O3S. The molecule has 0 unspecified atom stereocenters. The van der Waals surface area contributed by atoms with Gasteiger partial charge in [-0.05, 0) is 24.5 Å². The van der Waals surface area contributed by atoms with Crippen LogP contribution in [-0.2, 0) is 29.0 Å². The molecule has 0 bridgehead atoms. The normalized spacial score (nSPS) is 10.6. The Kier molecular flexibility index (Phi) is 7.39. The number of aromatic nitrogens is 4. The molecule has 2 heterocycles. The van der Waals surface area contributed by atoms with Crippen molar-refractivity contribution in [1.82, 2.24) is 19.7 Å². The summed E-state index contributed by atoms with van der Waals surface area (Å²) in [6.45, 7) is 1.88. The van der Waals surface area contributed by atoms with Crippen LogP contribution >= 0.6 is 11.3 Å². The minimum atomic E-state index is -0.402. The first-order valence-electron chi connectivity index (χ1n) is 9.51. The number of anilines is 2. The fourth-order valence-electron chi connectivity index (χ4n) is 2.76. The Morgan fingerprint density at radius 3 is 2.60 bits per heavy atom. The summed E-state index contributed by atoms with van der Waals surface area (Å²) in [5.74, 6) is -0.148. The van der Waals surface area contributed by atoms with Crippen LogP contribution in [0.15, 0.2) is 47.4 Å². The number of nitrogens with zero attached hydrogens (tertiary/aromatic N) is 4. The van der Waals surface area contributed by atoms with Crippen LogP contribution in [0.1, 0.15) is 30.3 Å². The highest BCUT2D eigenvalue weighted by Crippen LogP contribution is 2.17. The lowest BCUT2D eigenvalue weighted by atomic mass is 10.1. The van der Waals surface area contributed by atoms with Gasteiger partial charge < -0.3 is 10.6 Å². The second-order valence-electron chi connectivity index (χ2n) is 6.64. The van der Waals surface area contributed by atoms with Gasteiger partial charge in [0.05, 0.1) is 6.42 Å². The lowest BCUT2D eigenvalue weighted by Crippen LogP contribution is -2.24. The number of unbranched alkanes of at least 4 members (excludes halogenated alkanes) is 1. The molecule has 0 saturated carbocycles. The van der Waals surface area contributed by atoms with E-state index in [2.05, 4.69) is 25.8 Å². The van der Waals surface area contributed by atoms with Crippen LogP contribution in [0.25, 0.3) is 0 Å². The number of aryl methyl sites for hydroxylation is 2. The average molecular weight is 427 g/mol. The third-order valence-corrected chi connectivity index (χ3v) is 5.04. The summed E-state index contributed by atoms with van der Waals surface area (Å²) >= 11 is 1.35. The van der Waals surface area contributed by atoms with E-state index in [0.717, 1.165) is 23.4 Å². The summed E-state index contributed by atoms with van der Waals surface area (Å²) in [6.07, 6.45) is 4.19. The highest BCUT2D eigenvalue weighted by Gasteiger charge is 2.09. The lowest BCUT2D eigenvalue weighted by molar-refractivity contribution is -0.116. The van der Waals surface area contributed by atoms with Gasteiger partial charge in [0.2, 0.25) is 16.9 Å². The highest BCUT2D eigenvalue weighted by molar-refractivity contribution is 7.15. The van der Waals surface area contributed by atoms with Gasteiger partial charge in [0.15, 0.2) is 0 Å². The molecule has 0 spiro atoms. The first kappa shape index (κ1) is 21.3. The van der Waals surface area contributed by atoms with Gasteiger partial charge in [-0.15, -0.1) is 10.2 Å². The van der Waals surface area contributed by atoms with Gasteiger partial charge in [0.1, 0.15) is 10.8 Å². The lowest BCUT2D eigenvalue weighted by Gasteiger charge is -2.06. The van der Waals surface area contributed by atoms with Gasteiger partial charge in [-0.25, -0.2) is 4.79 Å². The third-order valence-electron chi connectivity index (χ3n) is 4.14. The predicted molar refractivity (Wildman–Crippen MR) is 114 cm³/mol. The monoisotopic (exact) mass is 426 g/mol. The molecule has 2 amide bonds. The van der Waals surface area contributed by atoms with Crippen LogP contribution < -0.4 is 16.3 Å². The summed E-state index contributed by atoms with van der Waals surface area (Å²) in [5, 5.41) is 14.7. The standard InChI is InChI=1S/C20H22N6O3S/c1-14(27)21-16-10-12-26(20(29)22-16)11-6-5-9-18-24-25-19(30-18)23-17(28)13-15-7-3-2-4-8-15/h2-4,7-8,10,12H,5-6,9,11,13H2,1H3,(H,23,25,28)(H,21,22,27,29). The number of amides is 2. The Morgan fingerprint density at radius 2 is 1.87 bits per heavy atom. The minimum Gasteiger partial charge on any atom is -0.311 e. The van der Waals surface area contributed by atoms with Crippen molar-refractivity contribution >= 4 is 34.1 Å². The maximum absolute atomic E-state index is 12.1. The number of carbonyl (C=O) groups excluding carboxylic acids is 2. The van der Waals surface area contributed by atoms with Crippen LogP contribution in [0.5, 0.6) is 0 Å². The molecule has 9 nitrogen and oxygen atoms in total. The number of hydrogen-bond acceptors (Lipinski definition) is 7. The van der Waals surface area contributed by atoms with Gasteiger partial charge in [-0.3, -0.25) is 14.2 Å². The van der Waals surface area contributed by atoms with Gasteiger partial charge >= 0.3 is 5.69 Å². The Bertz CT molecular complexity index is 1060. The first-order chi connectivity index (χ1) is 14.5. The van der Waals surface area contributed by atoms with E-state index in [1.165, 1.54) is 22.8 Å². The van der Waals surface area contributed by atoms with Crippen molar-refractivity contribution in [1.29, 1.82) is 0 Å². The molecule has 0 fully saturated rings. The molecule has 2 aromatic heterocycles. The first-order valence-corrected chi connectivity index (χ1v) is 10.3. The maximum Gasteiger partial charge on any atom is 0.349 e. The second kappa shape index (κ2) is 10.4. The number of nitrogens with one attached hydrogen (secondary N) is 2. The summed E-state index contributed by atoms with van der Waals surface area (Å²) in [7, 11) is 0. The molecule has 3 aromatic rings. The molecule has 0 saturated heterocycles. The predicted octanol–water partition coefficient (Wildman–Crippen LogP) is 2.26. The average Bonchev–Trinajstić information content (AvgIpc) is 3.14. The zero-order valence-electron chi connectivity index (χ0n) is 16.5. The quantitative estimate of drug-likeness (QED) is 0.507.